The smallest absolute Gasteiger partial charge is 0.188 e. The van der Waals surface area contributed by atoms with E-state index in [2.05, 4.69) is 16.4 Å². The van der Waals surface area contributed by atoms with Crippen LogP contribution in [-0.4, -0.2) is 4.98 Å². The summed E-state index contributed by atoms with van der Waals surface area (Å²) in [4.78, 5) is 4.51. The summed E-state index contributed by atoms with van der Waals surface area (Å²) in [5.41, 5.74) is 10.0. The largest absolute Gasteiger partial charge is 0.399 e. The van der Waals surface area contributed by atoms with Gasteiger partial charge in [0, 0.05) is 11.4 Å². The summed E-state index contributed by atoms with van der Waals surface area (Å²) in [6, 6.07) is 13.4. The topological polar surface area (TPSA) is 74.7 Å². The average Bonchev–Trinajstić information content (AvgIpc) is 2.82. The normalized spacial score (nSPS) is 10.4. The van der Waals surface area contributed by atoms with Crippen molar-refractivity contribution < 1.29 is 0 Å². The molecule has 20 heavy (non-hydrogen) atoms. The van der Waals surface area contributed by atoms with Gasteiger partial charge in [-0.1, -0.05) is 17.4 Å². The van der Waals surface area contributed by atoms with E-state index < -0.39 is 0 Å². The van der Waals surface area contributed by atoms with Crippen molar-refractivity contribution in [2.75, 3.05) is 11.1 Å². The first kappa shape index (κ1) is 12.5. The van der Waals surface area contributed by atoms with Crippen molar-refractivity contribution in [3.8, 4) is 6.07 Å². The number of nitrogens with zero attached hydrogens (tertiary/aromatic N) is 2. The number of anilines is 3. The molecule has 0 radical (unpaired) electrons. The minimum absolute atomic E-state index is 0.628. The highest BCUT2D eigenvalue weighted by atomic mass is 32.1. The van der Waals surface area contributed by atoms with Crippen LogP contribution in [0.15, 0.2) is 36.4 Å². The Morgan fingerprint density at radius 1 is 1.25 bits per heavy atom. The summed E-state index contributed by atoms with van der Waals surface area (Å²) in [5, 5.41) is 13.0. The summed E-state index contributed by atoms with van der Waals surface area (Å²) in [5.74, 6) is 0. The number of thiazole rings is 1. The predicted molar refractivity (Wildman–Crippen MR) is 83.2 cm³/mol. The molecule has 1 heterocycles. The lowest BCUT2D eigenvalue weighted by Crippen LogP contribution is -1.93. The lowest BCUT2D eigenvalue weighted by molar-refractivity contribution is 1.38. The van der Waals surface area contributed by atoms with Gasteiger partial charge in [-0.3, -0.25) is 0 Å². The van der Waals surface area contributed by atoms with Gasteiger partial charge in [0.25, 0.3) is 0 Å². The Kier molecular flexibility index (Phi) is 3.01. The second-order valence-electron chi connectivity index (χ2n) is 4.51. The number of nitrogens with two attached hydrogens (primary N) is 1. The summed E-state index contributed by atoms with van der Waals surface area (Å²) < 4.78 is 1.04. The molecule has 2 aromatic carbocycles. The molecule has 0 amide bonds. The number of nitriles is 1. The number of hydrogen-bond donors (Lipinski definition) is 2. The highest BCUT2D eigenvalue weighted by Crippen LogP contribution is 2.30. The zero-order valence-electron chi connectivity index (χ0n) is 10.8. The van der Waals surface area contributed by atoms with Gasteiger partial charge in [-0.05, 0) is 42.8 Å². The Morgan fingerprint density at radius 3 is 2.90 bits per heavy atom. The highest BCUT2D eigenvalue weighted by Gasteiger charge is 2.06. The number of hydrogen-bond acceptors (Lipinski definition) is 5. The van der Waals surface area contributed by atoms with Crippen LogP contribution in [-0.2, 0) is 0 Å². The molecule has 0 aliphatic carbocycles. The van der Waals surface area contributed by atoms with E-state index in [-0.39, 0.29) is 0 Å². The van der Waals surface area contributed by atoms with Crippen molar-refractivity contribution in [1.82, 2.24) is 4.98 Å². The molecule has 0 saturated heterocycles. The Labute approximate surface area is 120 Å². The van der Waals surface area contributed by atoms with E-state index in [1.165, 1.54) is 0 Å². The third kappa shape index (κ3) is 2.29. The molecule has 0 aliphatic rings. The van der Waals surface area contributed by atoms with Crippen molar-refractivity contribution in [3.63, 3.8) is 0 Å². The van der Waals surface area contributed by atoms with E-state index in [0.717, 1.165) is 32.3 Å². The highest BCUT2D eigenvalue weighted by molar-refractivity contribution is 7.22. The molecule has 98 valence electrons. The minimum Gasteiger partial charge on any atom is -0.399 e. The fraction of sp³-hybridized carbons (Fsp3) is 0.0667. The number of nitrogens with one attached hydrogen (secondary N) is 1. The van der Waals surface area contributed by atoms with E-state index >= 15 is 0 Å². The van der Waals surface area contributed by atoms with E-state index in [1.54, 1.807) is 17.4 Å². The van der Waals surface area contributed by atoms with E-state index in [1.807, 2.05) is 37.3 Å². The van der Waals surface area contributed by atoms with Crippen LogP contribution in [0, 0.1) is 18.3 Å². The van der Waals surface area contributed by atoms with Gasteiger partial charge in [0.2, 0.25) is 0 Å². The third-order valence-corrected chi connectivity index (χ3v) is 3.95. The molecule has 1 aromatic heterocycles. The fourth-order valence-electron chi connectivity index (χ4n) is 1.94. The Balaban J connectivity index is 1.99. The Hall–Kier alpha value is -2.58. The molecule has 4 nitrogen and oxygen atoms in total. The number of aromatic nitrogens is 1. The maximum Gasteiger partial charge on any atom is 0.188 e. The first-order valence-corrected chi connectivity index (χ1v) is 6.91. The lowest BCUT2D eigenvalue weighted by atomic mass is 10.1. The van der Waals surface area contributed by atoms with Crippen LogP contribution in [0.25, 0.3) is 10.2 Å². The average molecular weight is 280 g/mol. The van der Waals surface area contributed by atoms with Crippen molar-refractivity contribution in [1.29, 1.82) is 5.26 Å². The molecule has 0 bridgehead atoms. The molecule has 3 rings (SSSR count). The van der Waals surface area contributed by atoms with Crippen molar-refractivity contribution in [3.05, 3.63) is 47.5 Å². The Morgan fingerprint density at radius 2 is 2.10 bits per heavy atom. The van der Waals surface area contributed by atoms with Crippen molar-refractivity contribution in [2.24, 2.45) is 0 Å². The molecule has 0 unspecified atom stereocenters. The van der Waals surface area contributed by atoms with Crippen LogP contribution < -0.4 is 11.1 Å². The van der Waals surface area contributed by atoms with Gasteiger partial charge >= 0.3 is 0 Å². The zero-order valence-corrected chi connectivity index (χ0v) is 11.7. The molecule has 3 N–H and O–H groups in total. The van der Waals surface area contributed by atoms with Gasteiger partial charge in [0.15, 0.2) is 5.13 Å². The summed E-state index contributed by atoms with van der Waals surface area (Å²) >= 11 is 1.54. The molecular formula is C15H12N4S. The number of benzene rings is 2. The van der Waals surface area contributed by atoms with Gasteiger partial charge in [-0.25, -0.2) is 4.98 Å². The maximum absolute atomic E-state index is 8.96. The SMILES string of the molecule is Cc1ccc(C#N)cc1Nc1nc2ccc(N)cc2s1. The van der Waals surface area contributed by atoms with Crippen molar-refractivity contribution in [2.45, 2.75) is 6.92 Å². The van der Waals surface area contributed by atoms with E-state index in [4.69, 9.17) is 11.0 Å². The zero-order chi connectivity index (χ0) is 14.1. The van der Waals surface area contributed by atoms with Gasteiger partial charge in [0.1, 0.15) is 0 Å². The number of nitrogen functional groups attached to an aromatic ring is 1. The quantitative estimate of drug-likeness (QED) is 0.700. The molecule has 3 aromatic rings. The third-order valence-electron chi connectivity index (χ3n) is 3.02. The molecule has 0 aliphatic heterocycles. The standard InChI is InChI=1S/C15H12N4S/c1-9-2-3-10(8-16)6-13(9)19-15-18-12-5-4-11(17)7-14(12)20-15/h2-7H,17H2,1H3,(H,18,19). The van der Waals surface area contributed by atoms with Gasteiger partial charge in [-0.15, -0.1) is 0 Å². The Bertz CT molecular complexity index is 829. The predicted octanol–water partition coefficient (Wildman–Crippen LogP) is 3.80. The second-order valence-corrected chi connectivity index (χ2v) is 5.54. The molecular weight excluding hydrogens is 268 g/mol. The second kappa shape index (κ2) is 4.83. The molecule has 5 heteroatoms. The van der Waals surface area contributed by atoms with Gasteiger partial charge in [0.05, 0.1) is 21.8 Å². The molecule has 0 saturated carbocycles. The monoisotopic (exact) mass is 280 g/mol. The summed E-state index contributed by atoms with van der Waals surface area (Å²) in [6.07, 6.45) is 0. The molecule has 0 atom stereocenters. The van der Waals surface area contributed by atoms with Crippen molar-refractivity contribution >= 4 is 38.1 Å². The number of aryl methyl sites for hydroxylation is 1. The minimum atomic E-state index is 0.628. The summed E-state index contributed by atoms with van der Waals surface area (Å²) in [6.45, 7) is 1.99. The fourth-order valence-corrected chi connectivity index (χ4v) is 2.86. The van der Waals surface area contributed by atoms with Gasteiger partial charge < -0.3 is 11.1 Å². The van der Waals surface area contributed by atoms with Crippen LogP contribution >= 0.6 is 11.3 Å². The van der Waals surface area contributed by atoms with Crippen LogP contribution in [0.5, 0.6) is 0 Å². The van der Waals surface area contributed by atoms with Crippen LogP contribution in [0.3, 0.4) is 0 Å². The van der Waals surface area contributed by atoms with Gasteiger partial charge in [-0.2, -0.15) is 5.26 Å². The van der Waals surface area contributed by atoms with Crippen LogP contribution in [0.1, 0.15) is 11.1 Å². The maximum atomic E-state index is 8.96. The first-order valence-electron chi connectivity index (χ1n) is 6.09. The molecule has 0 spiro atoms. The lowest BCUT2D eigenvalue weighted by Gasteiger charge is -2.06. The van der Waals surface area contributed by atoms with E-state index in [0.29, 0.717) is 5.56 Å². The number of rotatable bonds is 2. The van der Waals surface area contributed by atoms with Crippen LogP contribution in [0.4, 0.5) is 16.5 Å². The number of fused-ring (bicyclic) bond motifs is 1. The first-order chi connectivity index (χ1) is 9.65. The molecule has 0 fully saturated rings. The summed E-state index contributed by atoms with van der Waals surface area (Å²) in [7, 11) is 0. The van der Waals surface area contributed by atoms with E-state index in [9.17, 15) is 0 Å². The van der Waals surface area contributed by atoms with Crippen LogP contribution in [0.2, 0.25) is 0 Å².